The second-order valence-corrected chi connectivity index (χ2v) is 6.65. The van der Waals surface area contributed by atoms with E-state index >= 15 is 0 Å². The molecule has 0 saturated carbocycles. The molecule has 0 aliphatic carbocycles. The van der Waals surface area contributed by atoms with Gasteiger partial charge in [0.15, 0.2) is 0 Å². The Bertz CT molecular complexity index is 525. The Balaban J connectivity index is 2.17. The van der Waals surface area contributed by atoms with Gasteiger partial charge in [0, 0.05) is 12.1 Å². The van der Waals surface area contributed by atoms with Crippen molar-refractivity contribution in [2.75, 3.05) is 6.61 Å². The van der Waals surface area contributed by atoms with Gasteiger partial charge in [-0.1, -0.05) is 0 Å². The highest BCUT2D eigenvalue weighted by molar-refractivity contribution is 9.10. The van der Waals surface area contributed by atoms with Gasteiger partial charge in [0.1, 0.15) is 6.20 Å². The predicted molar refractivity (Wildman–Crippen MR) is 84.7 cm³/mol. The maximum absolute atomic E-state index is 11.4. The molecule has 0 aliphatic heterocycles. The van der Waals surface area contributed by atoms with Crippen LogP contribution in [0.2, 0.25) is 0 Å². The summed E-state index contributed by atoms with van der Waals surface area (Å²) in [6.07, 6.45) is 3.36. The van der Waals surface area contributed by atoms with Crippen LogP contribution in [0.15, 0.2) is 10.8 Å². The molecule has 1 N–H and O–H groups in total. The SMILES string of the molecule is CC(C)(C)NC(=O)OCCCCCn1cc([N+](=O)[O-])c(Br)n1. The van der Waals surface area contributed by atoms with Crippen LogP contribution in [0.4, 0.5) is 10.5 Å². The Kier molecular flexibility index (Phi) is 6.79. The molecule has 0 atom stereocenters. The summed E-state index contributed by atoms with van der Waals surface area (Å²) in [4.78, 5) is 21.6. The summed E-state index contributed by atoms with van der Waals surface area (Å²) >= 11 is 3.05. The van der Waals surface area contributed by atoms with Crippen LogP contribution >= 0.6 is 15.9 Å². The molecule has 0 aliphatic rings. The van der Waals surface area contributed by atoms with Crippen molar-refractivity contribution >= 4 is 27.7 Å². The Hall–Kier alpha value is -1.64. The van der Waals surface area contributed by atoms with Crippen LogP contribution < -0.4 is 5.32 Å². The molecular formula is C13H21BrN4O4. The van der Waals surface area contributed by atoms with Crippen molar-refractivity contribution in [3.63, 3.8) is 0 Å². The van der Waals surface area contributed by atoms with E-state index < -0.39 is 11.0 Å². The topological polar surface area (TPSA) is 99.3 Å². The lowest BCUT2D eigenvalue weighted by Crippen LogP contribution is -2.41. The molecule has 1 amide bonds. The monoisotopic (exact) mass is 376 g/mol. The lowest BCUT2D eigenvalue weighted by molar-refractivity contribution is -0.385. The number of hydrogen-bond acceptors (Lipinski definition) is 5. The van der Waals surface area contributed by atoms with E-state index in [1.165, 1.54) is 10.9 Å². The predicted octanol–water partition coefficient (Wildman–Crippen LogP) is 3.25. The largest absolute Gasteiger partial charge is 0.450 e. The van der Waals surface area contributed by atoms with E-state index in [9.17, 15) is 14.9 Å². The number of alkyl carbamates (subject to hydrolysis) is 1. The molecule has 22 heavy (non-hydrogen) atoms. The molecule has 0 unspecified atom stereocenters. The van der Waals surface area contributed by atoms with Crippen LogP contribution in [-0.2, 0) is 11.3 Å². The Morgan fingerprint density at radius 1 is 1.45 bits per heavy atom. The van der Waals surface area contributed by atoms with E-state index in [4.69, 9.17) is 4.74 Å². The summed E-state index contributed by atoms with van der Waals surface area (Å²) in [6.45, 7) is 6.59. The summed E-state index contributed by atoms with van der Waals surface area (Å²) in [7, 11) is 0. The maximum atomic E-state index is 11.4. The van der Waals surface area contributed by atoms with Crippen molar-refractivity contribution in [3.05, 3.63) is 20.9 Å². The van der Waals surface area contributed by atoms with E-state index in [0.29, 0.717) is 13.2 Å². The smallest absolute Gasteiger partial charge is 0.407 e. The highest BCUT2D eigenvalue weighted by Crippen LogP contribution is 2.22. The third kappa shape index (κ3) is 6.88. The summed E-state index contributed by atoms with van der Waals surface area (Å²) < 4.78 is 6.83. The number of nitrogens with zero attached hydrogens (tertiary/aromatic N) is 3. The molecule has 8 nitrogen and oxygen atoms in total. The first-order valence-corrected chi connectivity index (χ1v) is 7.80. The number of aromatic nitrogens is 2. The molecule has 9 heteroatoms. The molecular weight excluding hydrogens is 356 g/mol. The zero-order valence-corrected chi connectivity index (χ0v) is 14.6. The number of amides is 1. The first-order chi connectivity index (χ1) is 10.2. The molecule has 0 fully saturated rings. The average Bonchev–Trinajstić information content (AvgIpc) is 2.73. The Morgan fingerprint density at radius 2 is 2.14 bits per heavy atom. The normalized spacial score (nSPS) is 11.3. The van der Waals surface area contributed by atoms with Gasteiger partial charge in [-0.25, -0.2) is 4.79 Å². The van der Waals surface area contributed by atoms with Crippen molar-refractivity contribution in [1.29, 1.82) is 0 Å². The minimum Gasteiger partial charge on any atom is -0.450 e. The minimum atomic E-state index is -0.477. The van der Waals surface area contributed by atoms with Gasteiger partial charge in [0.2, 0.25) is 4.60 Å². The standard InChI is InChI=1S/C13H21BrN4O4/c1-13(2,3)15-12(19)22-8-6-4-5-7-17-9-10(18(20)21)11(14)16-17/h9H,4-8H2,1-3H3,(H,15,19). The highest BCUT2D eigenvalue weighted by Gasteiger charge is 2.16. The fourth-order valence-electron chi connectivity index (χ4n) is 1.68. The number of ether oxygens (including phenoxy) is 1. The van der Waals surface area contributed by atoms with Gasteiger partial charge >= 0.3 is 11.8 Å². The second-order valence-electron chi connectivity index (χ2n) is 5.90. The lowest BCUT2D eigenvalue weighted by atomic mass is 10.1. The van der Waals surface area contributed by atoms with Gasteiger partial charge in [0.05, 0.1) is 11.5 Å². The number of unbranched alkanes of at least 4 members (excludes halogenated alkanes) is 2. The molecule has 1 aromatic rings. The van der Waals surface area contributed by atoms with E-state index in [1.807, 2.05) is 20.8 Å². The van der Waals surface area contributed by atoms with Crippen LogP contribution in [0, 0.1) is 10.1 Å². The van der Waals surface area contributed by atoms with Crippen molar-refractivity contribution in [3.8, 4) is 0 Å². The van der Waals surface area contributed by atoms with Gasteiger partial charge in [-0.15, -0.1) is 0 Å². The second kappa shape index (κ2) is 8.11. The molecule has 0 bridgehead atoms. The van der Waals surface area contributed by atoms with Crippen LogP contribution in [0.1, 0.15) is 40.0 Å². The van der Waals surface area contributed by atoms with Gasteiger partial charge in [-0.3, -0.25) is 14.8 Å². The van der Waals surface area contributed by atoms with Crippen LogP contribution in [0.3, 0.4) is 0 Å². The number of aryl methyl sites for hydroxylation is 1. The molecule has 1 rings (SSSR count). The van der Waals surface area contributed by atoms with Gasteiger partial charge in [-0.2, -0.15) is 5.10 Å². The van der Waals surface area contributed by atoms with E-state index in [0.717, 1.165) is 19.3 Å². The minimum absolute atomic E-state index is 0.0396. The first kappa shape index (κ1) is 18.4. The first-order valence-electron chi connectivity index (χ1n) is 7.01. The van der Waals surface area contributed by atoms with E-state index in [2.05, 4.69) is 26.3 Å². The van der Waals surface area contributed by atoms with Gasteiger partial charge in [0.25, 0.3) is 0 Å². The quantitative estimate of drug-likeness (QED) is 0.447. The third-order valence-corrected chi connectivity index (χ3v) is 3.20. The summed E-state index contributed by atoms with van der Waals surface area (Å²) in [5, 5.41) is 17.4. The number of nitro groups is 1. The van der Waals surface area contributed by atoms with Crippen LogP contribution in [0.25, 0.3) is 0 Å². The third-order valence-electron chi connectivity index (χ3n) is 2.64. The van der Waals surface area contributed by atoms with Crippen molar-refractivity contribution < 1.29 is 14.5 Å². The summed E-state index contributed by atoms with van der Waals surface area (Å²) in [5.41, 5.74) is -0.346. The number of hydrogen-bond donors (Lipinski definition) is 1. The average molecular weight is 377 g/mol. The zero-order valence-electron chi connectivity index (χ0n) is 13.0. The van der Waals surface area contributed by atoms with Crippen LogP contribution in [0.5, 0.6) is 0 Å². The van der Waals surface area contributed by atoms with Crippen molar-refractivity contribution in [2.45, 2.75) is 52.1 Å². The number of carbonyl (C=O) groups is 1. The molecule has 0 aromatic carbocycles. The number of rotatable bonds is 7. The van der Waals surface area contributed by atoms with Gasteiger partial charge in [-0.05, 0) is 56.0 Å². The molecule has 0 spiro atoms. The van der Waals surface area contributed by atoms with E-state index in [-0.39, 0.29) is 15.8 Å². The van der Waals surface area contributed by atoms with Crippen molar-refractivity contribution in [2.24, 2.45) is 0 Å². The number of halogens is 1. The number of carbonyl (C=O) groups excluding carboxylic acids is 1. The maximum Gasteiger partial charge on any atom is 0.407 e. The molecule has 0 saturated heterocycles. The summed E-state index contributed by atoms with van der Waals surface area (Å²) in [6, 6.07) is 0. The van der Waals surface area contributed by atoms with Crippen LogP contribution in [-0.4, -0.2) is 32.9 Å². The molecule has 1 heterocycles. The van der Waals surface area contributed by atoms with Gasteiger partial charge < -0.3 is 10.1 Å². The molecule has 1 aromatic heterocycles. The fraction of sp³-hybridized carbons (Fsp3) is 0.692. The Morgan fingerprint density at radius 3 is 2.68 bits per heavy atom. The molecule has 0 radical (unpaired) electrons. The number of nitrogens with one attached hydrogen (secondary N) is 1. The zero-order chi connectivity index (χ0) is 16.8. The van der Waals surface area contributed by atoms with Crippen molar-refractivity contribution in [1.82, 2.24) is 15.1 Å². The highest BCUT2D eigenvalue weighted by atomic mass is 79.9. The fourth-order valence-corrected chi connectivity index (χ4v) is 2.13. The summed E-state index contributed by atoms with van der Waals surface area (Å²) in [5.74, 6) is 0. The Labute approximate surface area is 137 Å². The molecule has 124 valence electrons. The van der Waals surface area contributed by atoms with E-state index in [1.54, 1.807) is 0 Å². The lowest BCUT2D eigenvalue weighted by Gasteiger charge is -2.19.